The highest BCUT2D eigenvalue weighted by molar-refractivity contribution is 5.89. The summed E-state index contributed by atoms with van der Waals surface area (Å²) in [6.45, 7) is 5.44. The molecule has 4 nitrogen and oxygen atoms in total. The van der Waals surface area contributed by atoms with Crippen LogP contribution in [0.15, 0.2) is 42.5 Å². The Bertz CT molecular complexity index is 724. The van der Waals surface area contributed by atoms with Crippen LogP contribution in [0.1, 0.15) is 28.9 Å². The van der Waals surface area contributed by atoms with Crippen LogP contribution in [0.5, 0.6) is 0 Å². The Morgan fingerprint density at radius 1 is 1.17 bits per heavy atom. The number of carbonyl (C=O) groups is 1. The summed E-state index contributed by atoms with van der Waals surface area (Å²) in [5.74, 6) is -1.48. The van der Waals surface area contributed by atoms with Gasteiger partial charge >= 0.3 is 5.97 Å². The first kappa shape index (κ1) is 16.6. The highest BCUT2D eigenvalue weighted by atomic mass is 19.1. The first-order chi connectivity index (χ1) is 11.6. The number of carboxylic acid groups (broad SMARTS) is 1. The van der Waals surface area contributed by atoms with Crippen LogP contribution in [-0.4, -0.2) is 42.3 Å². The predicted molar refractivity (Wildman–Crippen MR) is 89.6 cm³/mol. The summed E-state index contributed by atoms with van der Waals surface area (Å²) in [7, 11) is 0. The van der Waals surface area contributed by atoms with Gasteiger partial charge in [0.25, 0.3) is 0 Å². The molecule has 1 aliphatic heterocycles. The molecule has 126 valence electrons. The molecule has 0 aromatic heterocycles. The number of halogens is 1. The molecule has 0 radical (unpaired) electrons. The quantitative estimate of drug-likeness (QED) is 0.931. The molecule has 2 aromatic carbocycles. The average Bonchev–Trinajstić information content (AvgIpc) is 2.62. The minimum Gasteiger partial charge on any atom is -0.478 e. The first-order valence-electron chi connectivity index (χ1n) is 8.01. The number of ether oxygens (including phenoxy) is 1. The molecule has 0 spiro atoms. The maximum absolute atomic E-state index is 14.1. The van der Waals surface area contributed by atoms with Gasteiger partial charge in [0, 0.05) is 24.7 Å². The minimum atomic E-state index is -1.06. The third-order valence-electron chi connectivity index (χ3n) is 4.51. The molecule has 24 heavy (non-hydrogen) atoms. The van der Waals surface area contributed by atoms with E-state index in [0.717, 1.165) is 31.9 Å². The van der Waals surface area contributed by atoms with Gasteiger partial charge in [-0.3, -0.25) is 4.90 Å². The second-order valence-corrected chi connectivity index (χ2v) is 5.95. The van der Waals surface area contributed by atoms with E-state index in [9.17, 15) is 9.18 Å². The summed E-state index contributed by atoms with van der Waals surface area (Å²) >= 11 is 0. The fraction of sp³-hybridized carbons (Fsp3) is 0.316. The first-order valence-corrected chi connectivity index (χ1v) is 8.01. The molecule has 0 amide bonds. The fourth-order valence-corrected chi connectivity index (χ4v) is 3.00. The average molecular weight is 329 g/mol. The van der Waals surface area contributed by atoms with E-state index in [1.165, 1.54) is 18.2 Å². The molecule has 2 aromatic rings. The van der Waals surface area contributed by atoms with Gasteiger partial charge in [-0.15, -0.1) is 0 Å². The van der Waals surface area contributed by atoms with Crippen molar-refractivity contribution >= 4 is 5.97 Å². The van der Waals surface area contributed by atoms with Crippen molar-refractivity contribution in [3.63, 3.8) is 0 Å². The van der Waals surface area contributed by atoms with E-state index in [0.29, 0.717) is 11.1 Å². The highest BCUT2D eigenvalue weighted by Gasteiger charge is 2.18. The van der Waals surface area contributed by atoms with Crippen molar-refractivity contribution in [3.05, 3.63) is 59.4 Å². The zero-order valence-electron chi connectivity index (χ0n) is 13.5. The number of morpholine rings is 1. The van der Waals surface area contributed by atoms with E-state index in [1.54, 1.807) is 0 Å². The second kappa shape index (κ2) is 7.11. The van der Waals surface area contributed by atoms with E-state index in [-0.39, 0.29) is 11.6 Å². The number of benzene rings is 2. The lowest BCUT2D eigenvalue weighted by Gasteiger charge is -2.32. The standard InChI is InChI=1S/C19H20FNO3/c1-13(21-8-10-24-11-9-21)14-2-4-15(5-3-14)17-12-16(19(22)23)6-7-18(17)20/h2-7,12-13H,8-11H2,1H3,(H,22,23)/t13-/m0/s1. The lowest BCUT2D eigenvalue weighted by Crippen LogP contribution is -2.37. The van der Waals surface area contributed by atoms with Gasteiger partial charge in [-0.25, -0.2) is 9.18 Å². The van der Waals surface area contributed by atoms with Crippen molar-refractivity contribution in [3.8, 4) is 11.1 Å². The fourth-order valence-electron chi connectivity index (χ4n) is 3.00. The summed E-state index contributed by atoms with van der Waals surface area (Å²) in [6, 6.07) is 11.7. The zero-order valence-corrected chi connectivity index (χ0v) is 13.5. The molecule has 5 heteroatoms. The molecule has 0 aliphatic carbocycles. The van der Waals surface area contributed by atoms with Crippen LogP contribution >= 0.6 is 0 Å². The van der Waals surface area contributed by atoms with Crippen LogP contribution in [-0.2, 0) is 4.74 Å². The molecule has 1 fully saturated rings. The van der Waals surface area contributed by atoms with E-state index in [4.69, 9.17) is 9.84 Å². The Morgan fingerprint density at radius 2 is 1.83 bits per heavy atom. The number of hydrogen-bond acceptors (Lipinski definition) is 3. The van der Waals surface area contributed by atoms with Crippen molar-refractivity contribution in [2.75, 3.05) is 26.3 Å². The Hall–Kier alpha value is -2.24. The smallest absolute Gasteiger partial charge is 0.335 e. The maximum atomic E-state index is 14.1. The molecule has 0 bridgehead atoms. The van der Waals surface area contributed by atoms with Crippen molar-refractivity contribution in [1.82, 2.24) is 4.90 Å². The molecule has 3 rings (SSSR count). The van der Waals surface area contributed by atoms with Crippen molar-refractivity contribution < 1.29 is 19.0 Å². The second-order valence-electron chi connectivity index (χ2n) is 5.95. The normalized spacial score (nSPS) is 16.8. The van der Waals surface area contributed by atoms with E-state index in [1.807, 2.05) is 24.3 Å². The van der Waals surface area contributed by atoms with Crippen LogP contribution < -0.4 is 0 Å². The molecule has 1 atom stereocenters. The summed E-state index contributed by atoms with van der Waals surface area (Å²) < 4.78 is 19.4. The topological polar surface area (TPSA) is 49.8 Å². The number of nitrogens with zero attached hydrogens (tertiary/aromatic N) is 1. The molecular formula is C19H20FNO3. The van der Waals surface area contributed by atoms with Crippen molar-refractivity contribution in [1.29, 1.82) is 0 Å². The maximum Gasteiger partial charge on any atom is 0.335 e. The zero-order chi connectivity index (χ0) is 17.1. The minimum absolute atomic E-state index is 0.0807. The molecule has 0 unspecified atom stereocenters. The van der Waals surface area contributed by atoms with Gasteiger partial charge in [0.05, 0.1) is 18.8 Å². The van der Waals surface area contributed by atoms with Gasteiger partial charge in [-0.05, 0) is 36.2 Å². The van der Waals surface area contributed by atoms with Gasteiger partial charge in [0.15, 0.2) is 0 Å². The monoisotopic (exact) mass is 329 g/mol. The van der Waals surface area contributed by atoms with Gasteiger partial charge in [0.1, 0.15) is 5.82 Å². The van der Waals surface area contributed by atoms with E-state index in [2.05, 4.69) is 11.8 Å². The van der Waals surface area contributed by atoms with Crippen LogP contribution in [0.3, 0.4) is 0 Å². The van der Waals surface area contributed by atoms with Gasteiger partial charge in [-0.2, -0.15) is 0 Å². The number of carboxylic acids is 1. The third-order valence-corrected chi connectivity index (χ3v) is 4.51. The van der Waals surface area contributed by atoms with Crippen LogP contribution in [0.25, 0.3) is 11.1 Å². The van der Waals surface area contributed by atoms with Crippen LogP contribution in [0.2, 0.25) is 0 Å². The van der Waals surface area contributed by atoms with Gasteiger partial charge in [0.2, 0.25) is 0 Å². The molecule has 1 saturated heterocycles. The Labute approximate surface area is 140 Å². The van der Waals surface area contributed by atoms with Crippen molar-refractivity contribution in [2.24, 2.45) is 0 Å². The Morgan fingerprint density at radius 3 is 2.46 bits per heavy atom. The number of aromatic carboxylic acids is 1. The van der Waals surface area contributed by atoms with E-state index >= 15 is 0 Å². The summed E-state index contributed by atoms with van der Waals surface area (Å²) in [5, 5.41) is 9.07. The lowest BCUT2D eigenvalue weighted by atomic mass is 9.99. The van der Waals surface area contributed by atoms with Crippen LogP contribution in [0, 0.1) is 5.82 Å². The predicted octanol–water partition coefficient (Wildman–Crippen LogP) is 3.58. The van der Waals surface area contributed by atoms with E-state index < -0.39 is 11.8 Å². The number of hydrogen-bond donors (Lipinski definition) is 1. The Balaban J connectivity index is 1.84. The SMILES string of the molecule is C[C@@H](c1ccc(-c2cc(C(=O)O)ccc2F)cc1)N1CCOCC1. The molecular weight excluding hydrogens is 309 g/mol. The third kappa shape index (κ3) is 3.47. The summed E-state index contributed by atoms with van der Waals surface area (Å²) in [4.78, 5) is 13.4. The largest absolute Gasteiger partial charge is 0.478 e. The summed E-state index contributed by atoms with van der Waals surface area (Å²) in [6.07, 6.45) is 0. The highest BCUT2D eigenvalue weighted by Crippen LogP contribution is 2.27. The lowest BCUT2D eigenvalue weighted by molar-refractivity contribution is 0.0198. The van der Waals surface area contributed by atoms with Gasteiger partial charge in [-0.1, -0.05) is 24.3 Å². The molecule has 1 heterocycles. The summed E-state index contributed by atoms with van der Waals surface area (Å²) in [5.41, 5.74) is 2.21. The molecule has 1 N–H and O–H groups in total. The molecule has 0 saturated carbocycles. The number of rotatable bonds is 4. The van der Waals surface area contributed by atoms with Gasteiger partial charge < -0.3 is 9.84 Å². The Kier molecular flexibility index (Phi) is 4.92. The van der Waals surface area contributed by atoms with Crippen LogP contribution in [0.4, 0.5) is 4.39 Å². The molecule has 1 aliphatic rings. The van der Waals surface area contributed by atoms with Crippen molar-refractivity contribution in [2.45, 2.75) is 13.0 Å².